The number of anilines is 1. The van der Waals surface area contributed by atoms with Crippen LogP contribution in [0.15, 0.2) is 36.9 Å². The highest BCUT2D eigenvalue weighted by atomic mass is 35.5. The van der Waals surface area contributed by atoms with Crippen LogP contribution in [0.4, 0.5) is 5.82 Å². The quantitative estimate of drug-likeness (QED) is 0.453. The van der Waals surface area contributed by atoms with Crippen LogP contribution in [0, 0.1) is 11.3 Å². The lowest BCUT2D eigenvalue weighted by Gasteiger charge is -2.42. The number of hydrogen-bond donors (Lipinski definition) is 0. The second kappa shape index (κ2) is 10.7. The zero-order chi connectivity index (χ0) is 31.3. The molecule has 3 saturated heterocycles. The Hall–Kier alpha value is -3.41. The van der Waals surface area contributed by atoms with Crippen LogP contribution in [-0.2, 0) is 23.1 Å². The molecular formula is C33H37ClN6O2. The van der Waals surface area contributed by atoms with Gasteiger partial charge in [-0.3, -0.25) is 9.69 Å². The Kier molecular flexibility index (Phi) is 6.13. The molecule has 1 amide bonds. The van der Waals surface area contributed by atoms with Crippen molar-refractivity contribution in [3.63, 3.8) is 0 Å². The van der Waals surface area contributed by atoms with E-state index in [1.54, 1.807) is 0 Å². The fourth-order valence-corrected chi connectivity index (χ4v) is 8.37. The van der Waals surface area contributed by atoms with Gasteiger partial charge in [0.1, 0.15) is 12.4 Å². The molecule has 1 aromatic carbocycles. The number of nitriles is 1. The number of rotatable bonds is 6. The van der Waals surface area contributed by atoms with Gasteiger partial charge in [0.15, 0.2) is 0 Å². The molecule has 7 rings (SSSR count). The van der Waals surface area contributed by atoms with Crippen molar-refractivity contribution in [3.05, 3.63) is 64.3 Å². The number of halogens is 1. The van der Waals surface area contributed by atoms with E-state index in [4.69, 9.17) is 30.4 Å². The van der Waals surface area contributed by atoms with Gasteiger partial charge in [-0.15, -0.1) is 0 Å². The lowest BCUT2D eigenvalue weighted by Crippen LogP contribution is -2.55. The summed E-state index contributed by atoms with van der Waals surface area (Å²) in [6.45, 7) is 2.98. The van der Waals surface area contributed by atoms with Gasteiger partial charge in [-0.05, 0) is 74.9 Å². The van der Waals surface area contributed by atoms with E-state index in [2.05, 4.69) is 34.1 Å². The van der Waals surface area contributed by atoms with Crippen LogP contribution >= 0.6 is 11.6 Å². The molecule has 0 bridgehead atoms. The number of piperazine rings is 1. The molecule has 3 fully saturated rings. The zero-order valence-electron chi connectivity index (χ0n) is 26.7. The summed E-state index contributed by atoms with van der Waals surface area (Å²) >= 11 is 6.59. The monoisotopic (exact) mass is 587 g/mol. The normalized spacial score (nSPS) is 26.6. The smallest absolute Gasteiger partial charge is 0.318 e. The highest BCUT2D eigenvalue weighted by Crippen LogP contribution is 2.48. The van der Waals surface area contributed by atoms with Gasteiger partial charge in [-0.25, -0.2) is 0 Å². The molecule has 4 heterocycles. The summed E-state index contributed by atoms with van der Waals surface area (Å²) in [5, 5.41) is 10.4. The second-order valence-electron chi connectivity index (χ2n) is 12.4. The number of nitrogens with zero attached hydrogens (tertiary/aromatic N) is 6. The van der Waals surface area contributed by atoms with Gasteiger partial charge >= 0.3 is 6.01 Å². The van der Waals surface area contributed by atoms with E-state index >= 15 is 0 Å². The van der Waals surface area contributed by atoms with Crippen LogP contribution in [0.25, 0.3) is 6.08 Å². The Balaban J connectivity index is 1.23. The van der Waals surface area contributed by atoms with Crippen LogP contribution in [0.2, 0.25) is 5.02 Å². The predicted octanol–water partition coefficient (Wildman–Crippen LogP) is 4.71. The van der Waals surface area contributed by atoms with Crippen molar-refractivity contribution in [2.24, 2.45) is 0 Å². The molecule has 0 radical (unpaired) electrons. The summed E-state index contributed by atoms with van der Waals surface area (Å²) in [5.41, 5.74) is 4.14. The van der Waals surface area contributed by atoms with Crippen molar-refractivity contribution in [2.45, 2.75) is 68.4 Å². The maximum atomic E-state index is 13.0. The van der Waals surface area contributed by atoms with E-state index in [1.807, 2.05) is 12.1 Å². The van der Waals surface area contributed by atoms with Gasteiger partial charge in [-0.2, -0.15) is 15.2 Å². The molecule has 9 heteroatoms. The molecule has 5 aliphatic rings. The number of aromatic nitrogens is 2. The summed E-state index contributed by atoms with van der Waals surface area (Å²) in [7, 11) is 0. The average Bonchev–Trinajstić information content (AvgIpc) is 3.73. The van der Waals surface area contributed by atoms with Crippen molar-refractivity contribution in [1.29, 1.82) is 5.26 Å². The van der Waals surface area contributed by atoms with Gasteiger partial charge in [0.2, 0.25) is 5.91 Å². The van der Waals surface area contributed by atoms with E-state index in [-0.39, 0.29) is 23.9 Å². The summed E-state index contributed by atoms with van der Waals surface area (Å²) in [6, 6.07) is 7.48. The first-order valence-electron chi connectivity index (χ1n) is 16.6. The fourth-order valence-electron chi connectivity index (χ4n) is 8.13. The fraction of sp³-hybridized carbons (Fsp3) is 0.515. The maximum absolute atomic E-state index is 13.0. The van der Waals surface area contributed by atoms with E-state index < -0.39 is 24.5 Å². The molecule has 0 saturated carbocycles. The molecule has 2 aromatic rings. The Labute approximate surface area is 256 Å². The van der Waals surface area contributed by atoms with Gasteiger partial charge in [0.05, 0.1) is 33.9 Å². The van der Waals surface area contributed by atoms with Crippen molar-refractivity contribution < 1.29 is 13.6 Å². The minimum absolute atomic E-state index is 0.0461. The Bertz CT molecular complexity index is 1630. The third-order valence-electron chi connectivity index (χ3n) is 10.3. The van der Waals surface area contributed by atoms with E-state index in [9.17, 15) is 10.1 Å². The molecule has 0 unspecified atom stereocenters. The van der Waals surface area contributed by atoms with Gasteiger partial charge in [-0.1, -0.05) is 42.4 Å². The number of fused-ring (bicyclic) bond motifs is 4. The molecule has 1 spiro atoms. The Morgan fingerprint density at radius 1 is 1.26 bits per heavy atom. The molecular weight excluding hydrogens is 548 g/mol. The first-order chi connectivity index (χ1) is 21.7. The third-order valence-corrected chi connectivity index (χ3v) is 10.6. The number of amides is 1. The third kappa shape index (κ3) is 4.49. The molecule has 2 atom stereocenters. The first kappa shape index (κ1) is 24.1. The minimum Gasteiger partial charge on any atom is -0.461 e. The van der Waals surface area contributed by atoms with Crippen molar-refractivity contribution in [3.8, 4) is 12.1 Å². The van der Waals surface area contributed by atoms with Gasteiger partial charge in [0, 0.05) is 42.1 Å². The molecule has 8 nitrogen and oxygen atoms in total. The minimum atomic E-state index is -0.829. The van der Waals surface area contributed by atoms with Crippen LogP contribution in [0.1, 0.15) is 65.0 Å². The molecule has 0 N–H and O–H groups in total. The molecule has 42 heavy (non-hydrogen) atoms. The number of ether oxygens (including phenoxy) is 1. The van der Waals surface area contributed by atoms with Crippen molar-refractivity contribution in [1.82, 2.24) is 19.8 Å². The SMILES string of the molecule is [2H]C([2H])=C([2H])C(=O)N1CCN(c2nc(OCC34CCCN3CCC4)nc3c2CC[C@@]2(C=Cc4c(Cl)cccc42)C3)C[C@@H]1CC#N. The molecule has 1 aromatic heterocycles. The standard InChI is InChI=1S/C33H37ClN6O2/c1-2-29(41)40-19-18-38(21-23(40)10-15-35)30-25-9-14-32(13-8-24-26(32)6-3-7-27(24)34)20-28(25)36-31(37-30)42-22-33-11-4-16-39(33)17-5-12-33/h2-3,6-8,13,23H,1,4-5,9-12,14,16-22H2/t23-,32-/m0/s1/i1D2,2D. The number of hydrogen-bond acceptors (Lipinski definition) is 7. The summed E-state index contributed by atoms with van der Waals surface area (Å²) in [6.07, 6.45) is 11.4. The number of carbonyl (C=O) groups excluding carboxylic acids is 1. The van der Waals surface area contributed by atoms with Crippen LogP contribution < -0.4 is 9.64 Å². The summed E-state index contributed by atoms with van der Waals surface area (Å²) in [4.78, 5) is 29.2. The van der Waals surface area contributed by atoms with Crippen molar-refractivity contribution >= 4 is 29.4 Å². The highest BCUT2D eigenvalue weighted by Gasteiger charge is 2.46. The van der Waals surface area contributed by atoms with Crippen LogP contribution in [-0.4, -0.2) is 76.6 Å². The second-order valence-corrected chi connectivity index (χ2v) is 12.8. The predicted molar refractivity (Wildman–Crippen MR) is 163 cm³/mol. The largest absolute Gasteiger partial charge is 0.461 e. The molecule has 218 valence electrons. The number of benzene rings is 1. The number of carbonyl (C=O) groups is 1. The van der Waals surface area contributed by atoms with E-state index in [1.165, 1.54) is 23.3 Å². The first-order valence-corrected chi connectivity index (χ1v) is 15.4. The maximum Gasteiger partial charge on any atom is 0.318 e. The lowest BCUT2D eigenvalue weighted by molar-refractivity contribution is -0.128. The zero-order valence-corrected chi connectivity index (χ0v) is 24.5. The topological polar surface area (TPSA) is 85.6 Å². The molecule has 3 aliphatic heterocycles. The van der Waals surface area contributed by atoms with E-state index in [0.29, 0.717) is 32.1 Å². The van der Waals surface area contributed by atoms with E-state index in [0.717, 1.165) is 66.4 Å². The van der Waals surface area contributed by atoms with Crippen LogP contribution in [0.5, 0.6) is 6.01 Å². The van der Waals surface area contributed by atoms with Crippen LogP contribution in [0.3, 0.4) is 0 Å². The highest BCUT2D eigenvalue weighted by molar-refractivity contribution is 6.32. The summed E-state index contributed by atoms with van der Waals surface area (Å²) < 4.78 is 29.4. The average molecular weight is 588 g/mol. The van der Waals surface area contributed by atoms with Crippen molar-refractivity contribution in [2.75, 3.05) is 44.2 Å². The Morgan fingerprint density at radius 2 is 2.12 bits per heavy atom. The lowest BCUT2D eigenvalue weighted by atomic mass is 9.70. The molecule has 2 aliphatic carbocycles. The Morgan fingerprint density at radius 3 is 2.93 bits per heavy atom. The summed E-state index contributed by atoms with van der Waals surface area (Å²) in [5.74, 6) is 0.0940. The van der Waals surface area contributed by atoms with Gasteiger partial charge < -0.3 is 14.5 Å². The number of allylic oxidation sites excluding steroid dienone is 1. The van der Waals surface area contributed by atoms with Gasteiger partial charge in [0.25, 0.3) is 0 Å².